The quantitative estimate of drug-likeness (QED) is 0.727. The van der Waals surface area contributed by atoms with Gasteiger partial charge in [0.2, 0.25) is 5.88 Å². The molecule has 0 unspecified atom stereocenters. The fourth-order valence-corrected chi connectivity index (χ4v) is 0.999. The van der Waals surface area contributed by atoms with Crippen LogP contribution in [0, 0.1) is 0 Å². The van der Waals surface area contributed by atoms with Crippen molar-refractivity contribution in [3.63, 3.8) is 0 Å². The molecule has 2 rings (SSSR count). The summed E-state index contributed by atoms with van der Waals surface area (Å²) in [6.07, 6.45) is 4.47. The first-order valence-electron chi connectivity index (χ1n) is 4.20. The largest absolute Gasteiger partial charge is 0.474 e. The van der Waals surface area contributed by atoms with E-state index in [1.165, 1.54) is 0 Å². The van der Waals surface area contributed by atoms with Gasteiger partial charge in [0, 0.05) is 18.8 Å². The van der Waals surface area contributed by atoms with Crippen LogP contribution in [-0.2, 0) is 6.54 Å². The molecule has 0 atom stereocenters. The van der Waals surface area contributed by atoms with Gasteiger partial charge in [-0.25, -0.2) is 4.98 Å². The van der Waals surface area contributed by atoms with Crippen LogP contribution >= 0.6 is 0 Å². The summed E-state index contributed by atoms with van der Waals surface area (Å²) >= 11 is 0. The minimum atomic E-state index is 0.408. The molecule has 1 aromatic rings. The van der Waals surface area contributed by atoms with E-state index >= 15 is 0 Å². The average molecular weight is 164 g/mol. The highest BCUT2D eigenvalue weighted by Crippen LogP contribution is 2.25. The third-order valence-corrected chi connectivity index (χ3v) is 1.85. The van der Waals surface area contributed by atoms with Gasteiger partial charge in [-0.15, -0.1) is 0 Å². The Balaban J connectivity index is 2.08. The highest BCUT2D eigenvalue weighted by molar-refractivity contribution is 5.20. The van der Waals surface area contributed by atoms with Gasteiger partial charge in [-0.05, 0) is 24.5 Å². The standard InChI is InChI=1S/C9H12N2O/c10-6-7-3-4-11-9(5-7)12-8-1-2-8/h3-5,8H,1-2,6,10H2. The topological polar surface area (TPSA) is 48.1 Å². The van der Waals surface area contributed by atoms with Gasteiger partial charge in [0.05, 0.1) is 0 Å². The Labute approximate surface area is 71.6 Å². The number of pyridine rings is 1. The normalized spacial score (nSPS) is 16.1. The lowest BCUT2D eigenvalue weighted by Gasteiger charge is -2.03. The molecule has 0 aliphatic heterocycles. The fourth-order valence-electron chi connectivity index (χ4n) is 0.999. The van der Waals surface area contributed by atoms with Crippen LogP contribution in [0.1, 0.15) is 18.4 Å². The van der Waals surface area contributed by atoms with Crippen LogP contribution in [0.25, 0.3) is 0 Å². The minimum absolute atomic E-state index is 0.408. The highest BCUT2D eigenvalue weighted by atomic mass is 16.5. The summed E-state index contributed by atoms with van der Waals surface area (Å²) in [6, 6.07) is 3.80. The Kier molecular flexibility index (Phi) is 1.96. The first-order chi connectivity index (χ1) is 5.88. The van der Waals surface area contributed by atoms with Gasteiger partial charge in [-0.2, -0.15) is 0 Å². The van der Waals surface area contributed by atoms with Crippen molar-refractivity contribution in [2.45, 2.75) is 25.5 Å². The number of ether oxygens (including phenoxy) is 1. The van der Waals surface area contributed by atoms with Crippen LogP contribution < -0.4 is 10.5 Å². The predicted molar refractivity (Wildman–Crippen MR) is 45.8 cm³/mol. The van der Waals surface area contributed by atoms with Gasteiger partial charge in [0.25, 0.3) is 0 Å². The second kappa shape index (κ2) is 3.11. The molecule has 0 aromatic carbocycles. The van der Waals surface area contributed by atoms with E-state index in [1.807, 2.05) is 12.1 Å². The van der Waals surface area contributed by atoms with E-state index in [-0.39, 0.29) is 0 Å². The van der Waals surface area contributed by atoms with E-state index in [1.54, 1.807) is 6.20 Å². The highest BCUT2D eigenvalue weighted by Gasteiger charge is 2.23. The Bertz CT molecular complexity index is 271. The van der Waals surface area contributed by atoms with Gasteiger partial charge < -0.3 is 10.5 Å². The third kappa shape index (κ3) is 1.74. The zero-order valence-electron chi connectivity index (χ0n) is 6.86. The molecular formula is C9H12N2O. The first kappa shape index (κ1) is 7.55. The van der Waals surface area contributed by atoms with Crippen molar-refractivity contribution in [1.82, 2.24) is 4.98 Å². The summed E-state index contributed by atoms with van der Waals surface area (Å²) in [5.74, 6) is 0.709. The molecule has 1 aliphatic carbocycles. The van der Waals surface area contributed by atoms with Crippen LogP contribution in [0.2, 0.25) is 0 Å². The van der Waals surface area contributed by atoms with Crippen molar-refractivity contribution in [2.24, 2.45) is 5.73 Å². The van der Waals surface area contributed by atoms with Crippen LogP contribution in [0.15, 0.2) is 18.3 Å². The van der Waals surface area contributed by atoms with Crippen molar-refractivity contribution >= 4 is 0 Å². The Morgan fingerprint density at radius 3 is 3.08 bits per heavy atom. The summed E-state index contributed by atoms with van der Waals surface area (Å²) in [5, 5.41) is 0. The average Bonchev–Trinajstić information content (AvgIpc) is 2.89. The van der Waals surface area contributed by atoms with E-state index < -0.39 is 0 Å². The SMILES string of the molecule is NCc1ccnc(OC2CC2)c1. The fraction of sp³-hybridized carbons (Fsp3) is 0.444. The second-order valence-corrected chi connectivity index (χ2v) is 3.02. The number of rotatable bonds is 3. The smallest absolute Gasteiger partial charge is 0.213 e. The molecule has 3 heteroatoms. The zero-order chi connectivity index (χ0) is 8.39. The number of nitrogens with two attached hydrogens (primary N) is 1. The molecule has 12 heavy (non-hydrogen) atoms. The van der Waals surface area contributed by atoms with Crippen molar-refractivity contribution in [1.29, 1.82) is 0 Å². The molecular weight excluding hydrogens is 152 g/mol. The molecule has 0 bridgehead atoms. The molecule has 1 saturated carbocycles. The van der Waals surface area contributed by atoms with E-state index in [0.29, 0.717) is 18.5 Å². The van der Waals surface area contributed by atoms with Gasteiger partial charge >= 0.3 is 0 Å². The Hall–Kier alpha value is -1.09. The third-order valence-electron chi connectivity index (χ3n) is 1.85. The van der Waals surface area contributed by atoms with Crippen molar-refractivity contribution < 1.29 is 4.74 Å². The van der Waals surface area contributed by atoms with E-state index in [9.17, 15) is 0 Å². The summed E-state index contributed by atoms with van der Waals surface area (Å²) in [4.78, 5) is 4.09. The van der Waals surface area contributed by atoms with E-state index in [2.05, 4.69) is 4.98 Å². The number of hydrogen-bond donors (Lipinski definition) is 1. The van der Waals surface area contributed by atoms with Crippen LogP contribution in [-0.4, -0.2) is 11.1 Å². The maximum absolute atomic E-state index is 5.50. The number of nitrogens with zero attached hydrogens (tertiary/aromatic N) is 1. The minimum Gasteiger partial charge on any atom is -0.474 e. The lowest BCUT2D eigenvalue weighted by molar-refractivity contribution is 0.291. The molecule has 1 heterocycles. The summed E-state index contributed by atoms with van der Waals surface area (Å²) in [5.41, 5.74) is 6.55. The molecule has 1 fully saturated rings. The summed E-state index contributed by atoms with van der Waals surface area (Å²) < 4.78 is 5.50. The van der Waals surface area contributed by atoms with E-state index in [0.717, 1.165) is 18.4 Å². The van der Waals surface area contributed by atoms with Gasteiger partial charge in [-0.1, -0.05) is 0 Å². The maximum atomic E-state index is 5.50. The summed E-state index contributed by atoms with van der Waals surface area (Å²) in [6.45, 7) is 0.545. The monoisotopic (exact) mass is 164 g/mol. The van der Waals surface area contributed by atoms with Crippen LogP contribution in [0.3, 0.4) is 0 Å². The molecule has 0 amide bonds. The molecule has 0 saturated heterocycles. The van der Waals surface area contributed by atoms with Gasteiger partial charge in [-0.3, -0.25) is 0 Å². The molecule has 3 nitrogen and oxygen atoms in total. The molecule has 0 spiro atoms. The Morgan fingerprint density at radius 1 is 1.58 bits per heavy atom. The first-order valence-corrected chi connectivity index (χ1v) is 4.20. The molecule has 64 valence electrons. The zero-order valence-corrected chi connectivity index (χ0v) is 6.86. The van der Waals surface area contributed by atoms with Gasteiger partial charge in [0.15, 0.2) is 0 Å². The molecule has 1 aliphatic rings. The molecule has 2 N–H and O–H groups in total. The second-order valence-electron chi connectivity index (χ2n) is 3.02. The van der Waals surface area contributed by atoms with Crippen LogP contribution in [0.5, 0.6) is 5.88 Å². The summed E-state index contributed by atoms with van der Waals surface area (Å²) in [7, 11) is 0. The molecule has 0 radical (unpaired) electrons. The van der Waals surface area contributed by atoms with Crippen LogP contribution in [0.4, 0.5) is 0 Å². The van der Waals surface area contributed by atoms with Crippen molar-refractivity contribution in [2.75, 3.05) is 0 Å². The maximum Gasteiger partial charge on any atom is 0.213 e. The van der Waals surface area contributed by atoms with E-state index in [4.69, 9.17) is 10.5 Å². The number of hydrogen-bond acceptors (Lipinski definition) is 3. The van der Waals surface area contributed by atoms with Gasteiger partial charge in [0.1, 0.15) is 6.10 Å². The number of aromatic nitrogens is 1. The molecule has 1 aromatic heterocycles. The predicted octanol–water partition coefficient (Wildman–Crippen LogP) is 1.08. The lowest BCUT2D eigenvalue weighted by Crippen LogP contribution is -2.01. The Morgan fingerprint density at radius 2 is 2.42 bits per heavy atom. The van der Waals surface area contributed by atoms with Crippen molar-refractivity contribution in [3.8, 4) is 5.88 Å². The van der Waals surface area contributed by atoms with Crippen molar-refractivity contribution in [3.05, 3.63) is 23.9 Å². The lowest BCUT2D eigenvalue weighted by atomic mass is 10.3.